The van der Waals surface area contributed by atoms with Gasteiger partial charge in [-0.25, -0.2) is 9.25 Å². The van der Waals surface area contributed by atoms with Crippen molar-refractivity contribution in [2.24, 2.45) is 0 Å². The summed E-state index contributed by atoms with van der Waals surface area (Å²) in [6, 6.07) is 5.44. The summed E-state index contributed by atoms with van der Waals surface area (Å²) >= 11 is 2.23. The number of fused-ring (bicyclic) bond motifs is 1. The molecule has 2 rings (SSSR count). The van der Waals surface area contributed by atoms with Gasteiger partial charge in [0.1, 0.15) is 0 Å². The van der Waals surface area contributed by atoms with Crippen molar-refractivity contribution >= 4 is 51.4 Å². The number of hydrogen-bond donors (Lipinski definition) is 0. The van der Waals surface area contributed by atoms with Crippen LogP contribution in [-0.2, 0) is 9.53 Å². The Morgan fingerprint density at radius 1 is 1.58 bits per heavy atom. The Kier molecular flexibility index (Phi) is 4.52. The lowest BCUT2D eigenvalue weighted by molar-refractivity contribution is -0.137. The van der Waals surface area contributed by atoms with Crippen molar-refractivity contribution in [2.45, 2.75) is 6.92 Å². The first-order chi connectivity index (χ1) is 9.06. The number of hydrogen-bond acceptors (Lipinski definition) is 3. The molecular formula is C12H11FIN2O2P. The number of rotatable bonds is 3. The van der Waals surface area contributed by atoms with Gasteiger partial charge in [0.2, 0.25) is 5.83 Å². The van der Waals surface area contributed by atoms with Crippen molar-refractivity contribution in [1.82, 2.24) is 9.55 Å². The molecule has 2 aromatic rings. The fourth-order valence-corrected chi connectivity index (χ4v) is 3.31. The van der Waals surface area contributed by atoms with Crippen LogP contribution >= 0.6 is 28.4 Å². The zero-order chi connectivity index (χ0) is 14.0. The number of aromatic nitrogens is 2. The molecule has 1 unspecified atom stereocenters. The lowest BCUT2D eigenvalue weighted by atomic mass is 10.1. The van der Waals surface area contributed by atoms with E-state index in [-0.39, 0.29) is 0 Å². The molecule has 0 aliphatic carbocycles. The molecule has 0 radical (unpaired) electrons. The van der Waals surface area contributed by atoms with Crippen LogP contribution in [0.3, 0.4) is 0 Å². The molecule has 19 heavy (non-hydrogen) atoms. The number of methoxy groups -OCH3 is 1. The first-order valence-electron chi connectivity index (χ1n) is 5.38. The predicted octanol–water partition coefficient (Wildman–Crippen LogP) is 3.62. The quantitative estimate of drug-likeness (QED) is 0.347. The minimum Gasteiger partial charge on any atom is -0.464 e. The maximum Gasteiger partial charge on any atom is 0.366 e. The minimum absolute atomic E-state index is 0.462. The standard InChI is InChI=1S/C12H11FIN2O2P/c1-7-9-4-3-8(5-10(13)12(17)18-2)6-11(9)16(15-7)19-14/h3-6,19H,1-2H3/b10-5-. The summed E-state index contributed by atoms with van der Waals surface area (Å²) in [5, 5.41) is 5.42. The molecule has 1 atom stereocenters. The summed E-state index contributed by atoms with van der Waals surface area (Å²) in [5.74, 6) is -1.89. The molecule has 1 heterocycles. The van der Waals surface area contributed by atoms with Gasteiger partial charge < -0.3 is 4.74 Å². The van der Waals surface area contributed by atoms with Crippen LogP contribution in [-0.4, -0.2) is 22.6 Å². The average Bonchev–Trinajstić information content (AvgIpc) is 2.74. The van der Waals surface area contributed by atoms with Crippen LogP contribution in [0.15, 0.2) is 24.0 Å². The lowest BCUT2D eigenvalue weighted by Gasteiger charge is -1.99. The van der Waals surface area contributed by atoms with E-state index in [1.807, 2.05) is 23.5 Å². The van der Waals surface area contributed by atoms with Gasteiger partial charge >= 0.3 is 5.97 Å². The van der Waals surface area contributed by atoms with Gasteiger partial charge in [0, 0.05) is 5.39 Å². The first-order valence-corrected chi connectivity index (χ1v) is 9.44. The van der Waals surface area contributed by atoms with Gasteiger partial charge in [-0.3, -0.25) is 0 Å². The highest BCUT2D eigenvalue weighted by Gasteiger charge is 2.10. The third-order valence-corrected chi connectivity index (χ3v) is 4.52. The highest BCUT2D eigenvalue weighted by Crippen LogP contribution is 2.31. The van der Waals surface area contributed by atoms with Crippen LogP contribution in [0.2, 0.25) is 0 Å². The third kappa shape index (κ3) is 2.95. The van der Waals surface area contributed by atoms with Gasteiger partial charge in [-0.05, 0) is 46.7 Å². The Morgan fingerprint density at radius 3 is 2.95 bits per heavy atom. The molecule has 0 saturated carbocycles. The Hall–Kier alpha value is -1.01. The largest absolute Gasteiger partial charge is 0.464 e. The Labute approximate surface area is 124 Å². The second-order valence-corrected chi connectivity index (χ2v) is 5.88. The van der Waals surface area contributed by atoms with Crippen LogP contribution in [0, 0.1) is 6.92 Å². The third-order valence-electron chi connectivity index (χ3n) is 2.64. The highest BCUT2D eigenvalue weighted by atomic mass is 127. The molecule has 1 aromatic carbocycles. The molecule has 1 aromatic heterocycles. The normalized spacial score (nSPS) is 12.5. The summed E-state index contributed by atoms with van der Waals surface area (Å²) < 4.78 is 19.6. The van der Waals surface area contributed by atoms with Gasteiger partial charge in [0.25, 0.3) is 0 Å². The number of halogens is 2. The van der Waals surface area contributed by atoms with Crippen LogP contribution in [0.4, 0.5) is 4.39 Å². The van der Waals surface area contributed by atoms with Crippen LogP contribution in [0.5, 0.6) is 0 Å². The molecule has 7 heteroatoms. The summed E-state index contributed by atoms with van der Waals surface area (Å²) in [5.41, 5.74) is 2.46. The molecule has 0 bridgehead atoms. The fraction of sp³-hybridized carbons (Fsp3) is 0.167. The minimum atomic E-state index is -0.972. The van der Waals surface area contributed by atoms with E-state index < -0.39 is 11.8 Å². The molecule has 0 N–H and O–H groups in total. The van der Waals surface area contributed by atoms with E-state index in [2.05, 4.69) is 31.9 Å². The SMILES string of the molecule is COC(=O)/C(F)=C/c1ccc2c(C)nn(PI)c2c1. The second-order valence-electron chi connectivity index (χ2n) is 3.84. The lowest BCUT2D eigenvalue weighted by Crippen LogP contribution is -1.99. The summed E-state index contributed by atoms with van der Waals surface area (Å²) in [6.07, 6.45) is 1.62. The van der Waals surface area contributed by atoms with Crippen molar-refractivity contribution in [3.8, 4) is 0 Å². The van der Waals surface area contributed by atoms with Crippen molar-refractivity contribution in [3.63, 3.8) is 0 Å². The molecule has 0 amide bonds. The average molecular weight is 392 g/mol. The molecule has 0 aliphatic rings. The zero-order valence-electron chi connectivity index (χ0n) is 10.3. The number of aryl methyl sites for hydroxylation is 1. The van der Waals surface area contributed by atoms with Crippen LogP contribution in [0.25, 0.3) is 17.0 Å². The molecule has 0 aliphatic heterocycles. The fourth-order valence-electron chi connectivity index (χ4n) is 1.74. The van der Waals surface area contributed by atoms with Crippen molar-refractivity contribution in [1.29, 1.82) is 0 Å². The number of esters is 1. The van der Waals surface area contributed by atoms with Crippen molar-refractivity contribution < 1.29 is 13.9 Å². The Balaban J connectivity index is 2.49. The van der Waals surface area contributed by atoms with E-state index in [0.29, 0.717) is 11.9 Å². The van der Waals surface area contributed by atoms with Gasteiger partial charge in [-0.1, -0.05) is 12.1 Å². The van der Waals surface area contributed by atoms with Crippen LogP contribution in [0.1, 0.15) is 11.3 Å². The number of benzene rings is 1. The highest BCUT2D eigenvalue weighted by molar-refractivity contribution is 14.2. The molecular weight excluding hydrogens is 381 g/mol. The van der Waals surface area contributed by atoms with Gasteiger partial charge in [0.05, 0.1) is 24.7 Å². The molecule has 0 spiro atoms. The summed E-state index contributed by atoms with van der Waals surface area (Å²) in [4.78, 5) is 11.0. The Bertz CT molecular complexity index is 669. The van der Waals surface area contributed by atoms with E-state index in [1.165, 1.54) is 0 Å². The van der Waals surface area contributed by atoms with E-state index in [0.717, 1.165) is 29.8 Å². The maximum absolute atomic E-state index is 13.4. The van der Waals surface area contributed by atoms with Gasteiger partial charge in [0.15, 0.2) is 0 Å². The number of ether oxygens (including phenoxy) is 1. The Morgan fingerprint density at radius 2 is 2.32 bits per heavy atom. The molecule has 0 fully saturated rings. The van der Waals surface area contributed by atoms with Gasteiger partial charge in [-0.2, -0.15) is 9.49 Å². The zero-order valence-corrected chi connectivity index (χ0v) is 13.4. The van der Waals surface area contributed by atoms with Crippen molar-refractivity contribution in [2.75, 3.05) is 7.11 Å². The van der Waals surface area contributed by atoms with E-state index in [4.69, 9.17) is 0 Å². The van der Waals surface area contributed by atoms with Crippen LogP contribution < -0.4 is 0 Å². The number of carbonyl (C=O) groups excluding carboxylic acids is 1. The smallest absolute Gasteiger partial charge is 0.366 e. The second kappa shape index (κ2) is 5.96. The molecule has 100 valence electrons. The molecule has 0 saturated heterocycles. The van der Waals surface area contributed by atoms with E-state index in [1.54, 1.807) is 6.07 Å². The number of nitrogens with zero attached hydrogens (tertiary/aromatic N) is 2. The molecule has 4 nitrogen and oxygen atoms in total. The summed E-state index contributed by atoms with van der Waals surface area (Å²) in [6.45, 7) is 1.93. The van der Waals surface area contributed by atoms with Gasteiger partial charge in [-0.15, -0.1) is 0 Å². The topological polar surface area (TPSA) is 44.1 Å². The van der Waals surface area contributed by atoms with Crippen molar-refractivity contribution in [3.05, 3.63) is 35.3 Å². The maximum atomic E-state index is 13.4. The first kappa shape index (κ1) is 14.4. The monoisotopic (exact) mass is 392 g/mol. The van der Waals surface area contributed by atoms with E-state index in [9.17, 15) is 9.18 Å². The van der Waals surface area contributed by atoms with E-state index >= 15 is 0 Å². The summed E-state index contributed by atoms with van der Waals surface area (Å²) in [7, 11) is 1.15. The predicted molar refractivity (Wildman–Crippen MR) is 83.3 cm³/mol. The number of carbonyl (C=O) groups is 1.